The molecule has 7 nitrogen and oxygen atoms in total. The molecule has 2 aliphatic heterocycles. The molecule has 0 saturated carbocycles. The minimum Gasteiger partial charge on any atom is -0.389 e. The van der Waals surface area contributed by atoms with Crippen molar-refractivity contribution in [3.05, 3.63) is 0 Å². The number of nitrogens with one attached hydrogen (secondary N) is 1. The van der Waals surface area contributed by atoms with Crippen molar-refractivity contribution in [3.8, 4) is 0 Å². The summed E-state index contributed by atoms with van der Waals surface area (Å²) in [6.45, 7) is 0.161. The van der Waals surface area contributed by atoms with Gasteiger partial charge in [-0.05, 0) is 0 Å². The SMILES string of the molecule is NC1=NCN([C@H]2C[C@H](O)[C@@H](O)S2)C(=O)N1. The van der Waals surface area contributed by atoms with E-state index < -0.39 is 11.5 Å². The molecule has 3 atom stereocenters. The van der Waals surface area contributed by atoms with E-state index in [0.29, 0.717) is 6.42 Å². The molecule has 1 saturated heterocycles. The second-order valence-electron chi connectivity index (χ2n) is 3.37. The lowest BCUT2D eigenvalue weighted by molar-refractivity contribution is 0.0717. The van der Waals surface area contributed by atoms with E-state index in [9.17, 15) is 15.0 Å². The number of carbonyl (C=O) groups excluding carboxylic acids is 1. The Kier molecular flexibility index (Phi) is 2.72. The third-order valence-electron chi connectivity index (χ3n) is 2.31. The molecule has 0 aromatic rings. The highest BCUT2D eigenvalue weighted by molar-refractivity contribution is 8.00. The molecule has 2 rings (SSSR count). The zero-order chi connectivity index (χ0) is 11.0. The molecule has 2 aliphatic rings. The van der Waals surface area contributed by atoms with Crippen LogP contribution in [0.1, 0.15) is 6.42 Å². The molecule has 0 bridgehead atoms. The number of urea groups is 1. The van der Waals surface area contributed by atoms with Crippen LogP contribution in [0.15, 0.2) is 4.99 Å². The normalized spacial score (nSPS) is 36.4. The van der Waals surface area contributed by atoms with Crippen molar-refractivity contribution in [1.82, 2.24) is 10.2 Å². The Balaban J connectivity index is 2.03. The second kappa shape index (κ2) is 3.87. The molecule has 0 radical (unpaired) electrons. The number of nitrogens with zero attached hydrogens (tertiary/aromatic N) is 2. The van der Waals surface area contributed by atoms with Gasteiger partial charge in [-0.25, -0.2) is 9.79 Å². The van der Waals surface area contributed by atoms with Crippen LogP contribution in [0, 0.1) is 0 Å². The number of hydrogen-bond acceptors (Lipinski definition) is 6. The minimum absolute atomic E-state index is 0.0975. The highest BCUT2D eigenvalue weighted by Gasteiger charge is 2.38. The summed E-state index contributed by atoms with van der Waals surface area (Å²) >= 11 is 1.15. The number of aliphatic imine (C=N–C) groups is 1. The Morgan fingerprint density at radius 1 is 1.60 bits per heavy atom. The van der Waals surface area contributed by atoms with Crippen molar-refractivity contribution in [3.63, 3.8) is 0 Å². The number of nitrogens with two attached hydrogens (primary N) is 1. The van der Waals surface area contributed by atoms with E-state index in [4.69, 9.17) is 5.73 Å². The summed E-state index contributed by atoms with van der Waals surface area (Å²) in [4.78, 5) is 16.8. The number of amides is 2. The molecule has 0 unspecified atom stereocenters. The molecule has 15 heavy (non-hydrogen) atoms. The van der Waals surface area contributed by atoms with Crippen LogP contribution < -0.4 is 11.1 Å². The molecule has 84 valence electrons. The third-order valence-corrected chi connectivity index (χ3v) is 3.66. The molecule has 8 heteroatoms. The van der Waals surface area contributed by atoms with Crippen molar-refractivity contribution >= 4 is 23.8 Å². The van der Waals surface area contributed by atoms with Crippen molar-refractivity contribution in [1.29, 1.82) is 0 Å². The first-order chi connectivity index (χ1) is 7.08. The lowest BCUT2D eigenvalue weighted by atomic mass is 10.2. The first kappa shape index (κ1) is 10.5. The van der Waals surface area contributed by atoms with Gasteiger partial charge in [-0.1, -0.05) is 0 Å². The number of carbonyl (C=O) groups is 1. The summed E-state index contributed by atoms with van der Waals surface area (Å²) < 4.78 is 0. The van der Waals surface area contributed by atoms with Crippen LogP contribution >= 0.6 is 11.8 Å². The Labute approximate surface area is 90.3 Å². The van der Waals surface area contributed by atoms with Crippen LogP contribution in [0.25, 0.3) is 0 Å². The predicted molar refractivity (Wildman–Crippen MR) is 54.9 cm³/mol. The van der Waals surface area contributed by atoms with Crippen molar-refractivity contribution in [2.24, 2.45) is 10.7 Å². The topological polar surface area (TPSA) is 111 Å². The van der Waals surface area contributed by atoms with Gasteiger partial charge in [0.25, 0.3) is 0 Å². The first-order valence-electron chi connectivity index (χ1n) is 4.47. The number of guanidine groups is 1. The molecule has 1 fully saturated rings. The number of rotatable bonds is 1. The molecule has 0 spiro atoms. The summed E-state index contributed by atoms with van der Waals surface area (Å²) in [6.07, 6.45) is -0.453. The minimum atomic E-state index is -0.842. The molecule has 5 N–H and O–H groups in total. The van der Waals surface area contributed by atoms with Gasteiger partial charge in [-0.3, -0.25) is 10.2 Å². The zero-order valence-electron chi connectivity index (χ0n) is 7.83. The van der Waals surface area contributed by atoms with Crippen LogP contribution in [-0.4, -0.2) is 50.7 Å². The average Bonchev–Trinajstić information content (AvgIpc) is 2.46. The largest absolute Gasteiger partial charge is 0.389 e. The van der Waals surface area contributed by atoms with Crippen molar-refractivity contribution in [2.45, 2.75) is 23.3 Å². The van der Waals surface area contributed by atoms with Gasteiger partial charge >= 0.3 is 6.03 Å². The van der Waals surface area contributed by atoms with Crippen molar-refractivity contribution < 1.29 is 15.0 Å². The monoisotopic (exact) mass is 232 g/mol. The highest BCUT2D eigenvalue weighted by atomic mass is 32.2. The van der Waals surface area contributed by atoms with E-state index in [-0.39, 0.29) is 24.0 Å². The highest BCUT2D eigenvalue weighted by Crippen LogP contribution is 2.34. The number of thioether (sulfide) groups is 1. The number of aliphatic hydroxyl groups is 2. The molecular formula is C7H12N4O3S. The quantitative estimate of drug-likeness (QED) is 0.436. The summed E-state index contributed by atoms with van der Waals surface area (Å²) in [5, 5.41) is 20.8. The summed E-state index contributed by atoms with van der Waals surface area (Å²) in [7, 11) is 0. The van der Waals surface area contributed by atoms with E-state index in [1.807, 2.05) is 0 Å². The Morgan fingerprint density at radius 2 is 2.33 bits per heavy atom. The van der Waals surface area contributed by atoms with Crippen LogP contribution in [0.3, 0.4) is 0 Å². The third kappa shape index (κ3) is 2.01. The van der Waals surface area contributed by atoms with Crippen LogP contribution in [-0.2, 0) is 0 Å². The van der Waals surface area contributed by atoms with E-state index in [2.05, 4.69) is 10.3 Å². The van der Waals surface area contributed by atoms with Gasteiger partial charge in [0.1, 0.15) is 12.1 Å². The van der Waals surface area contributed by atoms with E-state index in [1.54, 1.807) is 0 Å². The Morgan fingerprint density at radius 3 is 2.87 bits per heavy atom. The number of hydrogen-bond donors (Lipinski definition) is 4. The predicted octanol–water partition coefficient (Wildman–Crippen LogP) is -1.57. The first-order valence-corrected chi connectivity index (χ1v) is 5.41. The fraction of sp³-hybridized carbons (Fsp3) is 0.714. The molecule has 0 aromatic carbocycles. The van der Waals surface area contributed by atoms with Gasteiger partial charge in [0.05, 0.1) is 11.5 Å². The van der Waals surface area contributed by atoms with Gasteiger partial charge in [0, 0.05) is 6.42 Å². The lowest BCUT2D eigenvalue weighted by Crippen LogP contribution is -2.53. The lowest BCUT2D eigenvalue weighted by Gasteiger charge is -2.29. The standard InChI is InChI=1S/C7H12N4O3S/c8-6-9-2-11(7(14)10-6)4-1-3(12)5(13)15-4/h3-5,12-13H,1-2H2,(H3,8,9,10,14)/t3-,4+,5-/m0/s1. The summed E-state index contributed by atoms with van der Waals surface area (Å²) in [5.41, 5.74) is 4.48. The molecular weight excluding hydrogens is 220 g/mol. The maximum atomic E-state index is 11.5. The van der Waals surface area contributed by atoms with Gasteiger partial charge in [-0.15, -0.1) is 11.8 Å². The van der Waals surface area contributed by atoms with Crippen LogP contribution in [0.2, 0.25) is 0 Å². The fourth-order valence-electron chi connectivity index (χ4n) is 1.49. The molecule has 2 amide bonds. The van der Waals surface area contributed by atoms with Gasteiger partial charge in [-0.2, -0.15) is 0 Å². The maximum absolute atomic E-state index is 11.5. The zero-order valence-corrected chi connectivity index (χ0v) is 8.65. The van der Waals surface area contributed by atoms with Crippen LogP contribution in [0.5, 0.6) is 0 Å². The van der Waals surface area contributed by atoms with Gasteiger partial charge in [0.2, 0.25) is 0 Å². The summed E-state index contributed by atoms with van der Waals surface area (Å²) in [5.74, 6) is 0.0975. The van der Waals surface area contributed by atoms with Crippen molar-refractivity contribution in [2.75, 3.05) is 6.67 Å². The fourth-order valence-corrected chi connectivity index (χ4v) is 2.72. The molecule has 0 aromatic heterocycles. The molecule has 0 aliphatic carbocycles. The smallest absolute Gasteiger partial charge is 0.326 e. The van der Waals surface area contributed by atoms with Gasteiger partial charge < -0.3 is 15.9 Å². The summed E-state index contributed by atoms with van der Waals surface area (Å²) in [6, 6.07) is -0.346. The van der Waals surface area contributed by atoms with E-state index >= 15 is 0 Å². The Bertz CT molecular complexity index is 301. The van der Waals surface area contributed by atoms with E-state index in [0.717, 1.165) is 11.8 Å². The van der Waals surface area contributed by atoms with E-state index in [1.165, 1.54) is 4.90 Å². The Hall–Kier alpha value is -0.990. The average molecular weight is 232 g/mol. The van der Waals surface area contributed by atoms with Gasteiger partial charge in [0.15, 0.2) is 5.96 Å². The number of aliphatic hydroxyl groups excluding tert-OH is 2. The maximum Gasteiger partial charge on any atom is 0.326 e. The molecule has 2 heterocycles. The van der Waals surface area contributed by atoms with Crippen LogP contribution in [0.4, 0.5) is 4.79 Å². The second-order valence-corrected chi connectivity index (χ2v) is 4.67.